The van der Waals surface area contributed by atoms with Gasteiger partial charge in [-0.05, 0) is 43.1 Å². The van der Waals surface area contributed by atoms with Crippen LogP contribution in [0.15, 0.2) is 23.6 Å². The molecule has 4 nitrogen and oxygen atoms in total. The van der Waals surface area contributed by atoms with Crippen LogP contribution in [0, 0.1) is 11.3 Å². The minimum Gasteiger partial charge on any atom is -0.499 e. The fourth-order valence-corrected chi connectivity index (χ4v) is 3.61. The lowest BCUT2D eigenvalue weighted by atomic mass is 9.71. The van der Waals surface area contributed by atoms with Crippen LogP contribution >= 0.6 is 0 Å². The number of alkyl carbamates (subject to hydrolysis) is 1. The van der Waals surface area contributed by atoms with Crippen LogP contribution in [0.1, 0.15) is 52.9 Å². The predicted molar refractivity (Wildman–Crippen MR) is 82.6 cm³/mol. The molecule has 2 unspecified atom stereocenters. The van der Waals surface area contributed by atoms with Gasteiger partial charge in [-0.3, -0.25) is 5.32 Å². The zero-order valence-electron chi connectivity index (χ0n) is 13.6. The van der Waals surface area contributed by atoms with Gasteiger partial charge in [-0.2, -0.15) is 0 Å². The summed E-state index contributed by atoms with van der Waals surface area (Å²) in [5, 5.41) is 2.82. The molecule has 4 heteroatoms. The number of hydrogen-bond acceptors (Lipinski definition) is 3. The summed E-state index contributed by atoms with van der Waals surface area (Å²) in [5.74, 6) is 1.40. The summed E-state index contributed by atoms with van der Waals surface area (Å²) in [6.07, 6.45) is 8.37. The first-order valence-corrected chi connectivity index (χ1v) is 7.81. The molecule has 118 valence electrons. The van der Waals surface area contributed by atoms with E-state index in [1.807, 2.05) is 12.2 Å². The fraction of sp³-hybridized carbons (Fsp3) is 0.706. The van der Waals surface area contributed by atoms with Crippen molar-refractivity contribution in [3.8, 4) is 0 Å². The predicted octanol–water partition coefficient (Wildman–Crippen LogP) is 4.14. The van der Waals surface area contributed by atoms with Crippen molar-refractivity contribution >= 4 is 6.09 Å². The number of nitrogens with one attached hydrogen (secondary N) is 1. The van der Waals surface area contributed by atoms with Gasteiger partial charge in [0.2, 0.25) is 0 Å². The van der Waals surface area contributed by atoms with Gasteiger partial charge >= 0.3 is 6.09 Å². The zero-order chi connectivity index (χ0) is 15.5. The summed E-state index contributed by atoms with van der Waals surface area (Å²) in [5.41, 5.74) is 0.960. The third kappa shape index (κ3) is 4.51. The number of amides is 1. The largest absolute Gasteiger partial charge is 0.499 e. The van der Waals surface area contributed by atoms with E-state index >= 15 is 0 Å². The Morgan fingerprint density at radius 1 is 1.38 bits per heavy atom. The van der Waals surface area contributed by atoms with Crippen LogP contribution in [0.2, 0.25) is 0 Å². The van der Waals surface area contributed by atoms with Gasteiger partial charge in [-0.1, -0.05) is 26.8 Å². The van der Waals surface area contributed by atoms with Crippen molar-refractivity contribution in [2.24, 2.45) is 11.3 Å². The Kier molecular flexibility index (Phi) is 4.96. The molecule has 1 fully saturated rings. The molecule has 0 aromatic carbocycles. The van der Waals surface area contributed by atoms with Gasteiger partial charge in [0.25, 0.3) is 0 Å². The SMILES string of the molecule is COC1=C(NC(=O)OC2CC(C)CC(C)(C)C2)C=CCC1. The van der Waals surface area contributed by atoms with E-state index in [1.54, 1.807) is 7.11 Å². The van der Waals surface area contributed by atoms with E-state index < -0.39 is 0 Å². The van der Waals surface area contributed by atoms with Crippen molar-refractivity contribution in [2.45, 2.75) is 59.0 Å². The normalized spacial score (nSPS) is 28.2. The van der Waals surface area contributed by atoms with E-state index in [0.29, 0.717) is 5.92 Å². The number of ether oxygens (including phenoxy) is 2. The maximum Gasteiger partial charge on any atom is 0.412 e. The van der Waals surface area contributed by atoms with Crippen molar-refractivity contribution in [3.05, 3.63) is 23.6 Å². The van der Waals surface area contributed by atoms with Crippen LogP contribution in [0.3, 0.4) is 0 Å². The minimum atomic E-state index is -0.374. The molecule has 1 amide bonds. The summed E-state index contributed by atoms with van der Waals surface area (Å²) in [4.78, 5) is 12.1. The topological polar surface area (TPSA) is 47.6 Å². The van der Waals surface area contributed by atoms with E-state index in [2.05, 4.69) is 26.1 Å². The van der Waals surface area contributed by atoms with Gasteiger partial charge in [0.15, 0.2) is 0 Å². The van der Waals surface area contributed by atoms with Gasteiger partial charge in [0.1, 0.15) is 11.9 Å². The highest BCUT2D eigenvalue weighted by Crippen LogP contribution is 2.39. The average molecular weight is 293 g/mol. The van der Waals surface area contributed by atoms with Crippen LogP contribution in [0.4, 0.5) is 4.79 Å². The van der Waals surface area contributed by atoms with E-state index in [0.717, 1.165) is 37.1 Å². The number of carbonyl (C=O) groups excluding carboxylic acids is 1. The molecule has 0 aromatic heterocycles. The molecule has 2 aliphatic rings. The molecule has 2 atom stereocenters. The van der Waals surface area contributed by atoms with Gasteiger partial charge in [-0.15, -0.1) is 0 Å². The van der Waals surface area contributed by atoms with Gasteiger partial charge in [0, 0.05) is 6.42 Å². The first kappa shape index (κ1) is 15.9. The Bertz CT molecular complexity index is 451. The molecule has 2 aliphatic carbocycles. The van der Waals surface area contributed by atoms with Crippen LogP contribution < -0.4 is 5.32 Å². The van der Waals surface area contributed by atoms with Crippen molar-refractivity contribution in [3.63, 3.8) is 0 Å². The molecule has 0 spiro atoms. The molecule has 2 rings (SSSR count). The number of hydrogen-bond donors (Lipinski definition) is 1. The Morgan fingerprint density at radius 2 is 2.14 bits per heavy atom. The molecule has 21 heavy (non-hydrogen) atoms. The standard InChI is InChI=1S/C17H27NO3/c1-12-9-13(11-17(2,3)10-12)21-16(19)18-14-7-5-6-8-15(14)20-4/h5,7,12-13H,6,8-11H2,1-4H3,(H,18,19). The zero-order valence-corrected chi connectivity index (χ0v) is 13.6. The van der Waals surface area contributed by atoms with Crippen LogP contribution in [0.25, 0.3) is 0 Å². The fourth-order valence-electron chi connectivity index (χ4n) is 3.61. The second kappa shape index (κ2) is 6.54. The molecule has 0 bridgehead atoms. The van der Waals surface area contributed by atoms with E-state index in [9.17, 15) is 4.79 Å². The highest BCUT2D eigenvalue weighted by molar-refractivity contribution is 5.70. The van der Waals surface area contributed by atoms with Crippen LogP contribution in [-0.2, 0) is 9.47 Å². The average Bonchev–Trinajstić information content (AvgIpc) is 2.36. The minimum absolute atomic E-state index is 0.00270. The van der Waals surface area contributed by atoms with Gasteiger partial charge < -0.3 is 9.47 Å². The maximum atomic E-state index is 12.1. The van der Waals surface area contributed by atoms with Gasteiger partial charge in [0.05, 0.1) is 12.8 Å². The monoisotopic (exact) mass is 293 g/mol. The van der Waals surface area contributed by atoms with Crippen LogP contribution in [-0.4, -0.2) is 19.3 Å². The first-order valence-electron chi connectivity index (χ1n) is 7.81. The summed E-state index contributed by atoms with van der Waals surface area (Å²) in [6.45, 7) is 6.71. The highest BCUT2D eigenvalue weighted by atomic mass is 16.6. The lowest BCUT2D eigenvalue weighted by Crippen LogP contribution is -2.36. The Balaban J connectivity index is 1.92. The molecular weight excluding hydrogens is 266 g/mol. The molecule has 1 saturated carbocycles. The Labute approximate surface area is 127 Å². The second-order valence-electron chi connectivity index (χ2n) is 7.05. The Morgan fingerprint density at radius 3 is 2.81 bits per heavy atom. The highest BCUT2D eigenvalue weighted by Gasteiger charge is 2.34. The number of methoxy groups -OCH3 is 1. The third-order valence-electron chi connectivity index (χ3n) is 4.23. The van der Waals surface area contributed by atoms with E-state index in [1.165, 1.54) is 6.42 Å². The lowest BCUT2D eigenvalue weighted by molar-refractivity contribution is 0.0198. The van der Waals surface area contributed by atoms with Crippen molar-refractivity contribution in [1.29, 1.82) is 0 Å². The molecule has 0 aromatic rings. The van der Waals surface area contributed by atoms with Crippen molar-refractivity contribution in [2.75, 3.05) is 7.11 Å². The smallest absolute Gasteiger partial charge is 0.412 e. The molecule has 0 heterocycles. The van der Waals surface area contributed by atoms with E-state index in [-0.39, 0.29) is 17.6 Å². The second-order valence-corrected chi connectivity index (χ2v) is 7.05. The van der Waals surface area contributed by atoms with Crippen molar-refractivity contribution in [1.82, 2.24) is 5.32 Å². The van der Waals surface area contributed by atoms with Crippen molar-refractivity contribution < 1.29 is 14.3 Å². The quantitative estimate of drug-likeness (QED) is 0.851. The molecule has 0 radical (unpaired) electrons. The number of carbonyl (C=O) groups is 1. The maximum absolute atomic E-state index is 12.1. The first-order chi connectivity index (χ1) is 9.89. The molecule has 0 saturated heterocycles. The Hall–Kier alpha value is -1.45. The molecule has 1 N–H and O–H groups in total. The summed E-state index contributed by atoms with van der Waals surface area (Å²) < 4.78 is 10.9. The number of allylic oxidation sites excluding steroid dienone is 3. The van der Waals surface area contributed by atoms with E-state index in [4.69, 9.17) is 9.47 Å². The molecule has 0 aliphatic heterocycles. The van der Waals surface area contributed by atoms with Crippen LogP contribution in [0.5, 0.6) is 0 Å². The summed E-state index contributed by atoms with van der Waals surface area (Å²) in [7, 11) is 1.63. The van der Waals surface area contributed by atoms with Gasteiger partial charge in [-0.25, -0.2) is 4.79 Å². The lowest BCUT2D eigenvalue weighted by Gasteiger charge is -2.38. The number of rotatable bonds is 3. The third-order valence-corrected chi connectivity index (χ3v) is 4.23. The molecular formula is C17H27NO3. The summed E-state index contributed by atoms with van der Waals surface area (Å²) in [6, 6.07) is 0. The summed E-state index contributed by atoms with van der Waals surface area (Å²) >= 11 is 0.